The summed E-state index contributed by atoms with van der Waals surface area (Å²) in [4.78, 5) is -1.01. The van der Waals surface area contributed by atoms with Crippen molar-refractivity contribution in [3.05, 3.63) is 29.1 Å². The maximum absolute atomic E-state index is 12.6. The maximum Gasteiger partial charge on any atom is 1.00 e. The number of hydrogen-bond donors (Lipinski definition) is 0. The van der Waals surface area contributed by atoms with Gasteiger partial charge >= 0.3 is 64.5 Å². The minimum atomic E-state index is -5.30. The molecule has 2 rings (SSSR count). The van der Waals surface area contributed by atoms with Gasteiger partial charge in [0.2, 0.25) is 0 Å². The molecule has 0 atom stereocenters. The molecule has 92 valence electrons. The SMILES string of the molecule is F[B-](F)(F)c1cccc2sc(C(F)(F)F)cc12.[K+]. The normalized spacial score (nSPS) is 12.6. The molecule has 0 aliphatic carbocycles. The van der Waals surface area contributed by atoms with E-state index in [-0.39, 0.29) is 61.5 Å². The van der Waals surface area contributed by atoms with Gasteiger partial charge in [-0.3, -0.25) is 0 Å². The minimum absolute atomic E-state index is 0. The van der Waals surface area contributed by atoms with E-state index in [0.29, 0.717) is 17.4 Å². The molecule has 0 saturated carbocycles. The van der Waals surface area contributed by atoms with Crippen molar-refractivity contribution in [3.63, 3.8) is 0 Å². The van der Waals surface area contributed by atoms with E-state index < -0.39 is 23.5 Å². The fourth-order valence-corrected chi connectivity index (χ4v) is 2.47. The number of fused-ring (bicyclic) bond motifs is 1. The first-order valence-corrected chi connectivity index (χ1v) is 5.31. The van der Waals surface area contributed by atoms with Gasteiger partial charge in [0, 0.05) is 4.70 Å². The van der Waals surface area contributed by atoms with E-state index in [0.717, 1.165) is 12.1 Å². The molecule has 2 aromatic rings. The minimum Gasteiger partial charge on any atom is -0.445 e. The molecular weight excluding hydrogens is 304 g/mol. The molecule has 0 fully saturated rings. The predicted octanol–water partition coefficient (Wildman–Crippen LogP) is 0.979. The third-order valence-electron chi connectivity index (χ3n) is 2.23. The second-order valence-corrected chi connectivity index (χ2v) is 4.53. The molecule has 9 heteroatoms. The molecule has 0 aliphatic heterocycles. The van der Waals surface area contributed by atoms with Gasteiger partial charge in [-0.15, -0.1) is 11.3 Å². The second kappa shape index (κ2) is 5.45. The summed E-state index contributed by atoms with van der Waals surface area (Å²) in [6.45, 7) is -5.30. The number of halogens is 6. The Labute approximate surface area is 145 Å². The molecule has 0 radical (unpaired) electrons. The molecule has 1 aromatic carbocycles. The number of rotatable bonds is 1. The van der Waals surface area contributed by atoms with E-state index in [1.165, 1.54) is 6.07 Å². The molecule has 0 saturated heterocycles. The fourth-order valence-electron chi connectivity index (χ4n) is 1.51. The molecule has 0 spiro atoms. The van der Waals surface area contributed by atoms with Crippen LogP contribution in [-0.2, 0) is 6.18 Å². The van der Waals surface area contributed by atoms with Crippen molar-refractivity contribution in [1.29, 1.82) is 0 Å². The first-order valence-electron chi connectivity index (χ1n) is 4.49. The summed E-state index contributed by atoms with van der Waals surface area (Å²) >= 11 is 0.319. The van der Waals surface area contributed by atoms with Crippen molar-refractivity contribution in [2.24, 2.45) is 0 Å². The van der Waals surface area contributed by atoms with Gasteiger partial charge in [-0.05, 0) is 17.5 Å². The first kappa shape index (κ1) is 16.5. The van der Waals surface area contributed by atoms with Gasteiger partial charge in [-0.25, -0.2) is 0 Å². The summed E-state index contributed by atoms with van der Waals surface area (Å²) in [5.74, 6) is 0. The maximum atomic E-state index is 12.6. The number of benzene rings is 1. The Hall–Kier alpha value is 0.461. The Balaban J connectivity index is 0.00000162. The Morgan fingerprint density at radius 3 is 2.17 bits per heavy atom. The fraction of sp³-hybridized carbons (Fsp3) is 0.111. The molecule has 0 bridgehead atoms. The van der Waals surface area contributed by atoms with Crippen LogP contribution in [0.4, 0.5) is 26.1 Å². The monoisotopic (exact) mass is 308 g/mol. The quantitative estimate of drug-likeness (QED) is 0.544. The van der Waals surface area contributed by atoms with Crippen molar-refractivity contribution >= 4 is 33.9 Å². The van der Waals surface area contributed by atoms with Crippen molar-refractivity contribution in [2.75, 3.05) is 0 Å². The number of thiophene rings is 1. The van der Waals surface area contributed by atoms with Gasteiger partial charge in [0.25, 0.3) is 0 Å². The second-order valence-electron chi connectivity index (χ2n) is 3.44. The van der Waals surface area contributed by atoms with Gasteiger partial charge in [-0.1, -0.05) is 17.6 Å². The van der Waals surface area contributed by atoms with Gasteiger partial charge in [0.15, 0.2) is 0 Å². The van der Waals surface area contributed by atoms with Crippen LogP contribution in [0.15, 0.2) is 24.3 Å². The standard InChI is InChI=1S/C9H4BF6S.K/c11-9(12,13)8-4-5-6(10(14,15)16)2-1-3-7(5)17-8;/h1-4H;/q-1;+1. The Morgan fingerprint density at radius 1 is 1.06 bits per heavy atom. The Bertz CT molecular complexity index is 558. The molecule has 0 amide bonds. The van der Waals surface area contributed by atoms with Crippen LogP contribution in [0.2, 0.25) is 0 Å². The summed E-state index contributed by atoms with van der Waals surface area (Å²) in [5.41, 5.74) is -0.978. The van der Waals surface area contributed by atoms with Crippen LogP contribution in [-0.4, -0.2) is 6.98 Å². The van der Waals surface area contributed by atoms with E-state index in [4.69, 9.17) is 0 Å². The van der Waals surface area contributed by atoms with Crippen LogP contribution >= 0.6 is 11.3 Å². The third kappa shape index (κ3) is 3.31. The largest absolute Gasteiger partial charge is 1.00 e. The molecule has 1 heterocycles. The Kier molecular flexibility index (Phi) is 5.00. The Morgan fingerprint density at radius 2 is 1.67 bits per heavy atom. The van der Waals surface area contributed by atoms with Crippen molar-refractivity contribution in [2.45, 2.75) is 6.18 Å². The number of hydrogen-bond acceptors (Lipinski definition) is 1. The van der Waals surface area contributed by atoms with Crippen molar-refractivity contribution in [3.8, 4) is 0 Å². The zero-order valence-electron chi connectivity index (χ0n) is 9.06. The topological polar surface area (TPSA) is 0 Å². The van der Waals surface area contributed by atoms with Gasteiger partial charge in [-0.2, -0.15) is 13.2 Å². The van der Waals surface area contributed by atoms with Gasteiger partial charge < -0.3 is 12.9 Å². The van der Waals surface area contributed by atoms with Crippen molar-refractivity contribution < 1.29 is 77.5 Å². The van der Waals surface area contributed by atoms with Crippen LogP contribution in [0.5, 0.6) is 0 Å². The average molecular weight is 308 g/mol. The third-order valence-corrected chi connectivity index (χ3v) is 3.37. The summed E-state index contributed by atoms with van der Waals surface area (Å²) in [7, 11) is 0. The van der Waals surface area contributed by atoms with Crippen LogP contribution in [0, 0.1) is 0 Å². The average Bonchev–Trinajstić information content (AvgIpc) is 2.57. The van der Waals surface area contributed by atoms with E-state index in [1.54, 1.807) is 0 Å². The van der Waals surface area contributed by atoms with Crippen LogP contribution in [0.3, 0.4) is 0 Å². The summed E-state index contributed by atoms with van der Waals surface area (Å²) < 4.78 is 75.0. The summed E-state index contributed by atoms with van der Waals surface area (Å²) in [5, 5.41) is -0.377. The predicted molar refractivity (Wildman–Crippen MR) is 55.5 cm³/mol. The zero-order chi connectivity index (χ0) is 12.8. The first-order chi connectivity index (χ1) is 7.69. The van der Waals surface area contributed by atoms with Gasteiger partial charge in [0.1, 0.15) is 4.88 Å². The molecule has 0 nitrogen and oxygen atoms in total. The molecule has 1 aromatic heterocycles. The van der Waals surface area contributed by atoms with Crippen LogP contribution in [0.25, 0.3) is 10.1 Å². The van der Waals surface area contributed by atoms with E-state index in [2.05, 4.69) is 0 Å². The van der Waals surface area contributed by atoms with Crippen LogP contribution < -0.4 is 56.8 Å². The van der Waals surface area contributed by atoms with Crippen LogP contribution in [0.1, 0.15) is 4.88 Å². The summed E-state index contributed by atoms with van der Waals surface area (Å²) in [6.07, 6.45) is -4.61. The number of alkyl halides is 3. The van der Waals surface area contributed by atoms with Gasteiger partial charge in [0.05, 0.1) is 0 Å². The molecule has 0 N–H and O–H groups in total. The molecule has 0 unspecified atom stereocenters. The van der Waals surface area contributed by atoms with Crippen molar-refractivity contribution in [1.82, 2.24) is 0 Å². The smallest absolute Gasteiger partial charge is 0.445 e. The van der Waals surface area contributed by atoms with E-state index >= 15 is 0 Å². The molecular formula is C9H4BF6KS. The molecule has 18 heavy (non-hydrogen) atoms. The van der Waals surface area contributed by atoms with E-state index in [1.807, 2.05) is 0 Å². The van der Waals surface area contributed by atoms with E-state index in [9.17, 15) is 26.1 Å². The summed E-state index contributed by atoms with van der Waals surface area (Å²) in [6, 6.07) is 3.73. The molecule has 0 aliphatic rings. The zero-order valence-corrected chi connectivity index (χ0v) is 13.0.